The van der Waals surface area contributed by atoms with Crippen molar-refractivity contribution in [3.8, 4) is 5.75 Å². The molecule has 0 spiro atoms. The molecule has 2 aromatic rings. The van der Waals surface area contributed by atoms with E-state index in [9.17, 15) is 12.8 Å². The molecule has 1 heterocycles. The number of benzene rings is 2. The molecule has 0 atom stereocenters. The van der Waals surface area contributed by atoms with Gasteiger partial charge in [-0.25, -0.2) is 17.1 Å². The fourth-order valence-corrected chi connectivity index (χ4v) is 4.83. The zero-order valence-corrected chi connectivity index (χ0v) is 15.7. The highest BCUT2D eigenvalue weighted by Gasteiger charge is 2.28. The van der Waals surface area contributed by atoms with Crippen LogP contribution in [-0.2, 0) is 15.8 Å². The standard InChI is InChI=1S/C20H24FNO3S/c1-16-4-2-3-5-18(16)15-26(23,24)22-12-10-17(11-13-22)14-25-20-8-6-19(21)7-9-20/h2-9,17H,10-15H2,1H3. The van der Waals surface area contributed by atoms with Gasteiger partial charge in [0.15, 0.2) is 0 Å². The molecule has 1 fully saturated rings. The molecule has 0 aliphatic carbocycles. The molecule has 0 aromatic heterocycles. The van der Waals surface area contributed by atoms with Gasteiger partial charge < -0.3 is 4.74 Å². The molecule has 0 bridgehead atoms. The Kier molecular flexibility index (Phi) is 5.94. The van der Waals surface area contributed by atoms with Crippen LogP contribution < -0.4 is 4.74 Å². The quantitative estimate of drug-likeness (QED) is 0.770. The Morgan fingerprint density at radius 3 is 2.38 bits per heavy atom. The van der Waals surface area contributed by atoms with E-state index in [0.29, 0.717) is 31.4 Å². The fourth-order valence-electron chi connectivity index (χ4n) is 3.16. The topological polar surface area (TPSA) is 46.6 Å². The van der Waals surface area contributed by atoms with Crippen molar-refractivity contribution in [2.75, 3.05) is 19.7 Å². The molecule has 1 aliphatic heterocycles. The third-order valence-electron chi connectivity index (χ3n) is 4.87. The van der Waals surface area contributed by atoms with Crippen molar-refractivity contribution in [3.63, 3.8) is 0 Å². The van der Waals surface area contributed by atoms with E-state index in [1.54, 1.807) is 16.4 Å². The van der Waals surface area contributed by atoms with Crippen LogP contribution in [0.15, 0.2) is 48.5 Å². The Labute approximate surface area is 154 Å². The number of hydrogen-bond acceptors (Lipinski definition) is 3. The molecule has 3 rings (SSSR count). The average molecular weight is 377 g/mol. The molecule has 1 aliphatic rings. The predicted molar refractivity (Wildman–Crippen MR) is 100.0 cm³/mol. The first-order valence-electron chi connectivity index (χ1n) is 8.85. The SMILES string of the molecule is Cc1ccccc1CS(=O)(=O)N1CCC(COc2ccc(F)cc2)CC1. The van der Waals surface area contributed by atoms with Crippen LogP contribution in [-0.4, -0.2) is 32.4 Å². The maximum absolute atomic E-state index is 12.9. The lowest BCUT2D eigenvalue weighted by molar-refractivity contribution is 0.185. The Bertz CT molecular complexity index is 828. The van der Waals surface area contributed by atoms with Crippen LogP contribution in [0, 0.1) is 18.7 Å². The van der Waals surface area contributed by atoms with Crippen molar-refractivity contribution in [3.05, 3.63) is 65.5 Å². The van der Waals surface area contributed by atoms with Gasteiger partial charge in [0.05, 0.1) is 12.4 Å². The molecule has 0 unspecified atom stereocenters. The first kappa shape index (κ1) is 18.9. The van der Waals surface area contributed by atoms with Crippen LogP contribution in [0.25, 0.3) is 0 Å². The molecule has 26 heavy (non-hydrogen) atoms. The van der Waals surface area contributed by atoms with Gasteiger partial charge in [-0.15, -0.1) is 0 Å². The minimum Gasteiger partial charge on any atom is -0.493 e. The van der Waals surface area contributed by atoms with Crippen LogP contribution in [0.5, 0.6) is 5.75 Å². The summed E-state index contributed by atoms with van der Waals surface area (Å²) in [5.41, 5.74) is 1.85. The number of halogens is 1. The van der Waals surface area contributed by atoms with Gasteiger partial charge >= 0.3 is 0 Å². The number of aryl methyl sites for hydroxylation is 1. The van der Waals surface area contributed by atoms with Gasteiger partial charge in [0.25, 0.3) is 0 Å². The lowest BCUT2D eigenvalue weighted by Gasteiger charge is -2.31. The second-order valence-corrected chi connectivity index (χ2v) is 8.76. The number of nitrogens with zero attached hydrogens (tertiary/aromatic N) is 1. The van der Waals surface area contributed by atoms with Crippen molar-refractivity contribution < 1.29 is 17.5 Å². The summed E-state index contributed by atoms with van der Waals surface area (Å²) in [5, 5.41) is 0. The molecule has 140 valence electrons. The summed E-state index contributed by atoms with van der Waals surface area (Å²) in [7, 11) is -3.30. The molecule has 4 nitrogen and oxygen atoms in total. The summed E-state index contributed by atoms with van der Waals surface area (Å²) in [5.74, 6) is 0.714. The minimum absolute atomic E-state index is 0.0520. The Hall–Kier alpha value is -1.92. The zero-order chi connectivity index (χ0) is 18.6. The minimum atomic E-state index is -3.30. The van der Waals surface area contributed by atoms with Crippen LogP contribution in [0.1, 0.15) is 24.0 Å². The summed E-state index contributed by atoms with van der Waals surface area (Å²) < 4.78 is 45.6. The van der Waals surface area contributed by atoms with Gasteiger partial charge in [0.2, 0.25) is 10.0 Å². The van der Waals surface area contributed by atoms with Gasteiger partial charge in [-0.2, -0.15) is 0 Å². The molecular formula is C20H24FNO3S. The summed E-state index contributed by atoms with van der Waals surface area (Å²) in [6.45, 7) is 3.50. The molecule has 6 heteroatoms. The smallest absolute Gasteiger partial charge is 0.218 e. The zero-order valence-electron chi connectivity index (χ0n) is 14.9. The first-order chi connectivity index (χ1) is 12.4. The summed E-state index contributed by atoms with van der Waals surface area (Å²) in [6, 6.07) is 13.6. The van der Waals surface area contributed by atoms with Crippen LogP contribution in [0.3, 0.4) is 0 Å². The number of piperidine rings is 1. The normalized spacial score (nSPS) is 16.5. The van der Waals surface area contributed by atoms with Crippen molar-refractivity contribution in [2.24, 2.45) is 5.92 Å². The average Bonchev–Trinajstić information content (AvgIpc) is 2.63. The Morgan fingerprint density at radius 2 is 1.73 bits per heavy atom. The Morgan fingerprint density at radius 1 is 1.08 bits per heavy atom. The number of ether oxygens (including phenoxy) is 1. The monoisotopic (exact) mass is 377 g/mol. The van der Waals surface area contributed by atoms with E-state index in [-0.39, 0.29) is 11.6 Å². The molecule has 1 saturated heterocycles. The highest BCUT2D eigenvalue weighted by Crippen LogP contribution is 2.23. The molecule has 0 amide bonds. The van der Waals surface area contributed by atoms with Crippen molar-refractivity contribution in [2.45, 2.75) is 25.5 Å². The lowest BCUT2D eigenvalue weighted by Crippen LogP contribution is -2.40. The van der Waals surface area contributed by atoms with Crippen LogP contribution in [0.4, 0.5) is 4.39 Å². The predicted octanol–water partition coefficient (Wildman–Crippen LogP) is 3.75. The van der Waals surface area contributed by atoms with Crippen molar-refractivity contribution >= 4 is 10.0 Å². The number of rotatable bonds is 6. The van der Waals surface area contributed by atoms with E-state index < -0.39 is 10.0 Å². The summed E-state index contributed by atoms with van der Waals surface area (Å²) in [4.78, 5) is 0. The largest absolute Gasteiger partial charge is 0.493 e. The Balaban J connectivity index is 1.51. The van der Waals surface area contributed by atoms with E-state index in [1.807, 2.05) is 31.2 Å². The maximum Gasteiger partial charge on any atom is 0.218 e. The van der Waals surface area contributed by atoms with E-state index in [0.717, 1.165) is 24.0 Å². The van der Waals surface area contributed by atoms with Gasteiger partial charge in [-0.05, 0) is 61.1 Å². The third kappa shape index (κ3) is 4.83. The van der Waals surface area contributed by atoms with E-state index in [1.165, 1.54) is 12.1 Å². The lowest BCUT2D eigenvalue weighted by atomic mass is 9.99. The molecule has 0 radical (unpaired) electrons. The molecule has 0 saturated carbocycles. The molecule has 0 N–H and O–H groups in total. The van der Waals surface area contributed by atoms with E-state index >= 15 is 0 Å². The van der Waals surface area contributed by atoms with Crippen LogP contribution >= 0.6 is 0 Å². The third-order valence-corrected chi connectivity index (χ3v) is 6.69. The van der Waals surface area contributed by atoms with E-state index in [2.05, 4.69) is 0 Å². The number of sulfonamides is 1. The van der Waals surface area contributed by atoms with E-state index in [4.69, 9.17) is 4.74 Å². The second-order valence-electron chi connectivity index (χ2n) is 6.79. The highest BCUT2D eigenvalue weighted by atomic mass is 32.2. The summed E-state index contributed by atoms with van der Waals surface area (Å²) >= 11 is 0. The van der Waals surface area contributed by atoms with Gasteiger partial charge in [0.1, 0.15) is 11.6 Å². The molecule has 2 aromatic carbocycles. The highest BCUT2D eigenvalue weighted by molar-refractivity contribution is 7.88. The van der Waals surface area contributed by atoms with Crippen LogP contribution in [0.2, 0.25) is 0 Å². The van der Waals surface area contributed by atoms with Gasteiger partial charge in [-0.1, -0.05) is 24.3 Å². The molecular weight excluding hydrogens is 353 g/mol. The summed E-state index contributed by atoms with van der Waals surface area (Å²) in [6.07, 6.45) is 1.54. The van der Waals surface area contributed by atoms with Gasteiger partial charge in [-0.3, -0.25) is 0 Å². The fraction of sp³-hybridized carbons (Fsp3) is 0.400. The van der Waals surface area contributed by atoms with Crippen molar-refractivity contribution in [1.29, 1.82) is 0 Å². The maximum atomic E-state index is 12.9. The van der Waals surface area contributed by atoms with Gasteiger partial charge in [0, 0.05) is 13.1 Å². The van der Waals surface area contributed by atoms with Crippen molar-refractivity contribution in [1.82, 2.24) is 4.31 Å². The second kappa shape index (κ2) is 8.18. The first-order valence-corrected chi connectivity index (χ1v) is 10.5. The number of hydrogen-bond donors (Lipinski definition) is 0.